The van der Waals surface area contributed by atoms with E-state index in [0.29, 0.717) is 6.54 Å². The highest BCUT2D eigenvalue weighted by Crippen LogP contribution is 2.02. The predicted octanol–water partition coefficient (Wildman–Crippen LogP) is 0.135. The SMILES string of the molecule is O=C(O)[C@@H](CCB(O)O)NCCc1ccccc1. The number of hydrogen-bond acceptors (Lipinski definition) is 4. The van der Waals surface area contributed by atoms with Crippen molar-refractivity contribution < 1.29 is 19.9 Å². The Labute approximate surface area is 107 Å². The molecule has 18 heavy (non-hydrogen) atoms. The molecule has 0 aromatic heterocycles. The molecule has 0 fully saturated rings. The van der Waals surface area contributed by atoms with Gasteiger partial charge in [0.2, 0.25) is 0 Å². The van der Waals surface area contributed by atoms with Crippen molar-refractivity contribution in [1.82, 2.24) is 5.32 Å². The third-order valence-electron chi connectivity index (χ3n) is 2.66. The standard InChI is InChI=1S/C12H18BNO4/c15-12(16)11(6-8-13(17)18)14-9-7-10-4-2-1-3-5-10/h1-5,11,14,17-18H,6-9H2,(H,15,16)/t11-/m1/s1. The predicted molar refractivity (Wildman–Crippen MR) is 69.2 cm³/mol. The summed E-state index contributed by atoms with van der Waals surface area (Å²) in [5.41, 5.74) is 1.14. The topological polar surface area (TPSA) is 89.8 Å². The van der Waals surface area contributed by atoms with E-state index in [4.69, 9.17) is 15.2 Å². The number of rotatable bonds is 8. The molecule has 0 heterocycles. The Balaban J connectivity index is 2.31. The molecule has 0 radical (unpaired) electrons. The number of benzene rings is 1. The molecule has 0 aliphatic rings. The van der Waals surface area contributed by atoms with E-state index < -0.39 is 19.1 Å². The number of nitrogens with one attached hydrogen (secondary N) is 1. The molecule has 4 N–H and O–H groups in total. The van der Waals surface area contributed by atoms with Crippen LogP contribution >= 0.6 is 0 Å². The van der Waals surface area contributed by atoms with Gasteiger partial charge < -0.3 is 20.5 Å². The fourth-order valence-electron chi connectivity index (χ4n) is 1.66. The normalized spacial score (nSPS) is 12.1. The first-order valence-corrected chi connectivity index (χ1v) is 5.96. The van der Waals surface area contributed by atoms with Gasteiger partial charge >= 0.3 is 13.1 Å². The van der Waals surface area contributed by atoms with Crippen molar-refractivity contribution in [2.75, 3.05) is 6.54 Å². The molecular weight excluding hydrogens is 233 g/mol. The zero-order chi connectivity index (χ0) is 13.4. The van der Waals surface area contributed by atoms with Crippen LogP contribution in [-0.2, 0) is 11.2 Å². The van der Waals surface area contributed by atoms with Crippen LogP contribution in [0, 0.1) is 0 Å². The maximum Gasteiger partial charge on any atom is 0.451 e. The van der Waals surface area contributed by atoms with E-state index in [-0.39, 0.29) is 12.7 Å². The Morgan fingerprint density at radius 3 is 2.50 bits per heavy atom. The summed E-state index contributed by atoms with van der Waals surface area (Å²) < 4.78 is 0. The van der Waals surface area contributed by atoms with Gasteiger partial charge in [-0.3, -0.25) is 4.79 Å². The Morgan fingerprint density at radius 2 is 1.94 bits per heavy atom. The molecule has 1 aromatic carbocycles. The Kier molecular flexibility index (Phi) is 6.42. The van der Waals surface area contributed by atoms with E-state index >= 15 is 0 Å². The lowest BCUT2D eigenvalue weighted by molar-refractivity contribution is -0.139. The quantitative estimate of drug-likeness (QED) is 0.493. The molecule has 0 amide bonds. The summed E-state index contributed by atoms with van der Waals surface area (Å²) in [5.74, 6) is -0.969. The van der Waals surface area contributed by atoms with E-state index in [2.05, 4.69) is 5.32 Å². The second-order valence-corrected chi connectivity index (χ2v) is 4.14. The lowest BCUT2D eigenvalue weighted by Crippen LogP contribution is -2.38. The zero-order valence-electron chi connectivity index (χ0n) is 10.1. The number of hydrogen-bond donors (Lipinski definition) is 4. The van der Waals surface area contributed by atoms with Crippen LogP contribution < -0.4 is 5.32 Å². The van der Waals surface area contributed by atoms with E-state index in [9.17, 15) is 4.79 Å². The molecule has 1 rings (SSSR count). The van der Waals surface area contributed by atoms with Crippen LogP contribution in [0.1, 0.15) is 12.0 Å². The summed E-state index contributed by atoms with van der Waals surface area (Å²) in [6.45, 7) is 0.544. The second kappa shape index (κ2) is 7.86. The molecule has 0 aliphatic carbocycles. The van der Waals surface area contributed by atoms with Crippen LogP contribution in [0.15, 0.2) is 30.3 Å². The number of carboxylic acid groups (broad SMARTS) is 1. The molecule has 98 valence electrons. The minimum atomic E-state index is -1.46. The van der Waals surface area contributed by atoms with Gasteiger partial charge in [-0.05, 0) is 31.3 Å². The molecule has 6 heteroatoms. The van der Waals surface area contributed by atoms with Crippen molar-refractivity contribution >= 4 is 13.1 Å². The maximum atomic E-state index is 10.9. The first kappa shape index (κ1) is 14.7. The van der Waals surface area contributed by atoms with Gasteiger partial charge in [0, 0.05) is 0 Å². The van der Waals surface area contributed by atoms with Crippen LogP contribution in [0.25, 0.3) is 0 Å². The Bertz CT molecular complexity index is 358. The van der Waals surface area contributed by atoms with Crippen LogP contribution in [0.2, 0.25) is 6.32 Å². The van der Waals surface area contributed by atoms with Gasteiger partial charge in [-0.2, -0.15) is 0 Å². The molecule has 0 aliphatic heterocycles. The average Bonchev–Trinajstić information content (AvgIpc) is 2.34. The summed E-state index contributed by atoms with van der Waals surface area (Å²) in [6.07, 6.45) is 0.989. The highest BCUT2D eigenvalue weighted by Gasteiger charge is 2.19. The maximum absolute atomic E-state index is 10.9. The number of aliphatic carboxylic acids is 1. The lowest BCUT2D eigenvalue weighted by Gasteiger charge is -2.14. The average molecular weight is 251 g/mol. The fraction of sp³-hybridized carbons (Fsp3) is 0.417. The minimum Gasteiger partial charge on any atom is -0.480 e. The summed E-state index contributed by atoms with van der Waals surface area (Å²) in [4.78, 5) is 10.9. The molecule has 0 spiro atoms. The first-order valence-electron chi connectivity index (χ1n) is 5.96. The highest BCUT2D eigenvalue weighted by atomic mass is 16.4. The monoisotopic (exact) mass is 251 g/mol. The minimum absolute atomic E-state index is 0.0509. The summed E-state index contributed by atoms with van der Waals surface area (Å²) in [7, 11) is -1.46. The third-order valence-corrected chi connectivity index (χ3v) is 2.66. The number of carboxylic acids is 1. The zero-order valence-corrected chi connectivity index (χ0v) is 10.1. The van der Waals surface area contributed by atoms with Crippen LogP contribution in [0.5, 0.6) is 0 Å². The van der Waals surface area contributed by atoms with Crippen molar-refractivity contribution in [3.63, 3.8) is 0 Å². The Morgan fingerprint density at radius 1 is 1.28 bits per heavy atom. The molecule has 0 unspecified atom stereocenters. The molecule has 1 aromatic rings. The highest BCUT2D eigenvalue weighted by molar-refractivity contribution is 6.40. The molecule has 5 nitrogen and oxygen atoms in total. The van der Waals surface area contributed by atoms with Gasteiger partial charge in [0.25, 0.3) is 0 Å². The van der Waals surface area contributed by atoms with E-state index in [0.717, 1.165) is 12.0 Å². The van der Waals surface area contributed by atoms with Crippen LogP contribution in [0.3, 0.4) is 0 Å². The Hall–Kier alpha value is -1.37. The number of carbonyl (C=O) groups is 1. The van der Waals surface area contributed by atoms with Crippen molar-refractivity contribution in [3.8, 4) is 0 Å². The molecular formula is C12H18BNO4. The molecule has 1 atom stereocenters. The molecule has 0 bridgehead atoms. The summed E-state index contributed by atoms with van der Waals surface area (Å²) in [5, 5.41) is 29.3. The van der Waals surface area contributed by atoms with E-state index in [1.807, 2.05) is 30.3 Å². The second-order valence-electron chi connectivity index (χ2n) is 4.14. The van der Waals surface area contributed by atoms with Gasteiger partial charge in [0.05, 0.1) is 0 Å². The van der Waals surface area contributed by atoms with E-state index in [1.165, 1.54) is 0 Å². The molecule has 0 saturated heterocycles. The van der Waals surface area contributed by atoms with Crippen molar-refractivity contribution in [1.29, 1.82) is 0 Å². The smallest absolute Gasteiger partial charge is 0.451 e. The van der Waals surface area contributed by atoms with Gasteiger partial charge in [0.15, 0.2) is 0 Å². The van der Waals surface area contributed by atoms with Gasteiger partial charge in [-0.25, -0.2) is 0 Å². The van der Waals surface area contributed by atoms with Gasteiger partial charge in [-0.15, -0.1) is 0 Å². The largest absolute Gasteiger partial charge is 0.480 e. The van der Waals surface area contributed by atoms with Crippen molar-refractivity contribution in [3.05, 3.63) is 35.9 Å². The van der Waals surface area contributed by atoms with Gasteiger partial charge in [-0.1, -0.05) is 30.3 Å². The third kappa shape index (κ3) is 5.81. The van der Waals surface area contributed by atoms with Crippen LogP contribution in [0.4, 0.5) is 0 Å². The van der Waals surface area contributed by atoms with Gasteiger partial charge in [0.1, 0.15) is 6.04 Å². The lowest BCUT2D eigenvalue weighted by atomic mass is 9.82. The summed E-state index contributed by atoms with van der Waals surface area (Å²) in [6, 6.07) is 9.03. The van der Waals surface area contributed by atoms with Crippen molar-refractivity contribution in [2.24, 2.45) is 0 Å². The van der Waals surface area contributed by atoms with Crippen LogP contribution in [-0.4, -0.2) is 40.8 Å². The molecule has 0 saturated carbocycles. The fourth-order valence-corrected chi connectivity index (χ4v) is 1.66. The first-order chi connectivity index (χ1) is 8.59. The van der Waals surface area contributed by atoms with Crippen molar-refractivity contribution in [2.45, 2.75) is 25.2 Å². The summed E-state index contributed by atoms with van der Waals surface area (Å²) >= 11 is 0. The van der Waals surface area contributed by atoms with E-state index in [1.54, 1.807) is 0 Å².